The lowest BCUT2D eigenvalue weighted by atomic mass is 10.1. The maximum absolute atomic E-state index is 11.2. The highest BCUT2D eigenvalue weighted by Crippen LogP contribution is 2.31. The molecular formula is C17H20N2O2. The lowest BCUT2D eigenvalue weighted by Crippen LogP contribution is -2.20. The Hall–Kier alpha value is -2.49. The average Bonchev–Trinajstić information content (AvgIpc) is 2.50. The van der Waals surface area contributed by atoms with E-state index in [2.05, 4.69) is 11.8 Å². The van der Waals surface area contributed by atoms with Crippen LogP contribution in [0.1, 0.15) is 30.1 Å². The lowest BCUT2D eigenvalue weighted by Gasteiger charge is -2.26. The lowest BCUT2D eigenvalue weighted by molar-refractivity contribution is 0.0697. The van der Waals surface area contributed by atoms with Gasteiger partial charge < -0.3 is 15.7 Å². The molecule has 21 heavy (non-hydrogen) atoms. The summed E-state index contributed by atoms with van der Waals surface area (Å²) in [7, 11) is 0. The van der Waals surface area contributed by atoms with E-state index in [0.717, 1.165) is 30.8 Å². The topological polar surface area (TPSA) is 66.6 Å². The van der Waals surface area contributed by atoms with Crippen LogP contribution in [0.4, 0.5) is 17.1 Å². The van der Waals surface area contributed by atoms with Crippen molar-refractivity contribution in [2.75, 3.05) is 17.2 Å². The van der Waals surface area contributed by atoms with E-state index in [1.54, 1.807) is 12.1 Å². The molecular weight excluding hydrogens is 264 g/mol. The van der Waals surface area contributed by atoms with Gasteiger partial charge in [-0.05, 0) is 36.8 Å². The molecule has 0 aromatic heterocycles. The molecule has 0 aliphatic rings. The van der Waals surface area contributed by atoms with Gasteiger partial charge in [-0.1, -0.05) is 31.5 Å². The zero-order chi connectivity index (χ0) is 15.2. The molecule has 0 fully saturated rings. The predicted octanol–water partition coefficient (Wildman–Crippen LogP) is 3.91. The highest BCUT2D eigenvalue weighted by molar-refractivity contribution is 5.91. The summed E-state index contributed by atoms with van der Waals surface area (Å²) in [5.41, 5.74) is 8.65. The van der Waals surface area contributed by atoms with Gasteiger partial charge in [0.25, 0.3) is 0 Å². The first-order chi connectivity index (χ1) is 10.1. The molecule has 4 nitrogen and oxygen atoms in total. The molecule has 0 heterocycles. The highest BCUT2D eigenvalue weighted by Gasteiger charge is 2.14. The van der Waals surface area contributed by atoms with Gasteiger partial charge in [0.2, 0.25) is 0 Å². The van der Waals surface area contributed by atoms with Crippen molar-refractivity contribution in [2.45, 2.75) is 19.8 Å². The van der Waals surface area contributed by atoms with Gasteiger partial charge in [-0.3, -0.25) is 0 Å². The quantitative estimate of drug-likeness (QED) is 0.789. The number of nitrogens with two attached hydrogens (primary N) is 1. The van der Waals surface area contributed by atoms with E-state index >= 15 is 0 Å². The average molecular weight is 284 g/mol. The van der Waals surface area contributed by atoms with Gasteiger partial charge in [0.05, 0.1) is 16.9 Å². The number of carboxylic acids is 1. The summed E-state index contributed by atoms with van der Waals surface area (Å²) in [5, 5.41) is 9.17. The van der Waals surface area contributed by atoms with E-state index in [9.17, 15) is 4.79 Å². The van der Waals surface area contributed by atoms with E-state index in [4.69, 9.17) is 10.8 Å². The summed E-state index contributed by atoms with van der Waals surface area (Å²) in [4.78, 5) is 13.3. The summed E-state index contributed by atoms with van der Waals surface area (Å²) in [6, 6.07) is 14.7. The summed E-state index contributed by atoms with van der Waals surface area (Å²) < 4.78 is 0. The minimum atomic E-state index is -0.945. The molecule has 4 heteroatoms. The highest BCUT2D eigenvalue weighted by atomic mass is 16.4. The Kier molecular flexibility index (Phi) is 4.82. The van der Waals surface area contributed by atoms with Crippen LogP contribution >= 0.6 is 0 Å². The number of aromatic carboxylic acids is 1. The Morgan fingerprint density at radius 1 is 1.19 bits per heavy atom. The molecule has 0 unspecified atom stereocenters. The number of benzene rings is 2. The fraction of sp³-hybridized carbons (Fsp3) is 0.235. The van der Waals surface area contributed by atoms with E-state index in [-0.39, 0.29) is 5.56 Å². The molecule has 0 saturated heterocycles. The molecule has 0 saturated carbocycles. The minimum Gasteiger partial charge on any atom is -0.478 e. The van der Waals surface area contributed by atoms with Crippen LogP contribution in [0.25, 0.3) is 0 Å². The number of nitrogens with zero attached hydrogens (tertiary/aromatic N) is 1. The monoisotopic (exact) mass is 284 g/mol. The number of para-hydroxylation sites is 1. The minimum absolute atomic E-state index is 0.247. The van der Waals surface area contributed by atoms with Crippen LogP contribution in [0.15, 0.2) is 48.5 Å². The van der Waals surface area contributed by atoms with Crippen molar-refractivity contribution >= 4 is 23.0 Å². The Balaban J connectivity index is 2.45. The van der Waals surface area contributed by atoms with Crippen molar-refractivity contribution < 1.29 is 9.90 Å². The third-order valence-electron chi connectivity index (χ3n) is 3.37. The van der Waals surface area contributed by atoms with Gasteiger partial charge in [0, 0.05) is 12.2 Å². The first-order valence-electron chi connectivity index (χ1n) is 7.09. The fourth-order valence-corrected chi connectivity index (χ4v) is 2.22. The number of hydrogen-bond acceptors (Lipinski definition) is 3. The van der Waals surface area contributed by atoms with Crippen molar-refractivity contribution in [2.24, 2.45) is 0 Å². The number of carbonyl (C=O) groups is 1. The molecule has 0 aliphatic carbocycles. The van der Waals surface area contributed by atoms with Gasteiger partial charge in [0.15, 0.2) is 0 Å². The molecule has 2 aromatic carbocycles. The van der Waals surface area contributed by atoms with Crippen molar-refractivity contribution in [1.29, 1.82) is 0 Å². The molecule has 0 atom stereocenters. The first kappa shape index (κ1) is 14.9. The van der Waals surface area contributed by atoms with Crippen LogP contribution in [0, 0.1) is 0 Å². The van der Waals surface area contributed by atoms with E-state index in [1.165, 1.54) is 6.07 Å². The molecule has 0 amide bonds. The van der Waals surface area contributed by atoms with E-state index < -0.39 is 5.97 Å². The van der Waals surface area contributed by atoms with E-state index in [1.807, 2.05) is 30.3 Å². The number of rotatable bonds is 6. The van der Waals surface area contributed by atoms with Crippen molar-refractivity contribution in [3.8, 4) is 0 Å². The van der Waals surface area contributed by atoms with Gasteiger partial charge in [-0.25, -0.2) is 4.79 Å². The molecule has 0 spiro atoms. The summed E-state index contributed by atoms with van der Waals surface area (Å²) in [6.45, 7) is 2.92. The molecule has 2 aromatic rings. The van der Waals surface area contributed by atoms with Crippen molar-refractivity contribution in [1.82, 2.24) is 0 Å². The SMILES string of the molecule is CCCCN(c1ccccc1)c1cc(C(=O)O)ccc1N. The smallest absolute Gasteiger partial charge is 0.335 e. The number of nitrogen functional groups attached to an aromatic ring is 1. The van der Waals surface area contributed by atoms with Crippen LogP contribution < -0.4 is 10.6 Å². The first-order valence-corrected chi connectivity index (χ1v) is 7.09. The van der Waals surface area contributed by atoms with Crippen molar-refractivity contribution in [3.63, 3.8) is 0 Å². The third-order valence-corrected chi connectivity index (χ3v) is 3.37. The van der Waals surface area contributed by atoms with Crippen molar-refractivity contribution in [3.05, 3.63) is 54.1 Å². The predicted molar refractivity (Wildman–Crippen MR) is 86.2 cm³/mol. The standard InChI is InChI=1S/C17H20N2O2/c1-2-3-11-19(14-7-5-4-6-8-14)16-12-13(17(20)21)9-10-15(16)18/h4-10,12H,2-3,11,18H2,1H3,(H,20,21). The molecule has 3 N–H and O–H groups in total. The van der Waals surface area contributed by atoms with Gasteiger partial charge in [-0.2, -0.15) is 0 Å². The zero-order valence-electron chi connectivity index (χ0n) is 12.1. The van der Waals surface area contributed by atoms with Gasteiger partial charge in [-0.15, -0.1) is 0 Å². The summed E-state index contributed by atoms with van der Waals surface area (Å²) in [6.07, 6.45) is 2.06. The van der Waals surface area contributed by atoms with Gasteiger partial charge in [0.1, 0.15) is 0 Å². The Bertz CT molecular complexity index is 611. The van der Waals surface area contributed by atoms with E-state index in [0.29, 0.717) is 5.69 Å². The second kappa shape index (κ2) is 6.79. The van der Waals surface area contributed by atoms with Crippen LogP contribution in [0.2, 0.25) is 0 Å². The second-order valence-corrected chi connectivity index (χ2v) is 4.92. The fourth-order valence-electron chi connectivity index (χ4n) is 2.22. The maximum Gasteiger partial charge on any atom is 0.335 e. The molecule has 0 radical (unpaired) electrons. The van der Waals surface area contributed by atoms with Crippen LogP contribution in [0.3, 0.4) is 0 Å². The Labute approximate surface area is 124 Å². The largest absolute Gasteiger partial charge is 0.478 e. The number of carboxylic acid groups (broad SMARTS) is 1. The maximum atomic E-state index is 11.2. The normalized spacial score (nSPS) is 10.3. The molecule has 2 rings (SSSR count). The van der Waals surface area contributed by atoms with Crippen LogP contribution in [-0.4, -0.2) is 17.6 Å². The van der Waals surface area contributed by atoms with Crippen LogP contribution in [0.5, 0.6) is 0 Å². The molecule has 0 aliphatic heterocycles. The zero-order valence-corrected chi connectivity index (χ0v) is 12.1. The third kappa shape index (κ3) is 3.54. The number of unbranched alkanes of at least 4 members (excludes halogenated alkanes) is 1. The number of anilines is 3. The second-order valence-electron chi connectivity index (χ2n) is 4.92. The van der Waals surface area contributed by atoms with Crippen LogP contribution in [-0.2, 0) is 0 Å². The van der Waals surface area contributed by atoms with Gasteiger partial charge >= 0.3 is 5.97 Å². The number of hydrogen-bond donors (Lipinski definition) is 2. The Morgan fingerprint density at radius 3 is 2.52 bits per heavy atom. The molecule has 0 bridgehead atoms. The summed E-state index contributed by atoms with van der Waals surface area (Å²) in [5.74, 6) is -0.945. The molecule has 110 valence electrons. The summed E-state index contributed by atoms with van der Waals surface area (Å²) >= 11 is 0. The Morgan fingerprint density at radius 2 is 1.90 bits per heavy atom.